The second-order valence-corrected chi connectivity index (χ2v) is 6.56. The van der Waals surface area contributed by atoms with E-state index in [4.69, 9.17) is 0 Å². The van der Waals surface area contributed by atoms with E-state index in [1.165, 1.54) is 0 Å². The van der Waals surface area contributed by atoms with Crippen molar-refractivity contribution in [3.63, 3.8) is 0 Å². The summed E-state index contributed by atoms with van der Waals surface area (Å²) in [7, 11) is 0. The van der Waals surface area contributed by atoms with Crippen LogP contribution in [0.1, 0.15) is 24.5 Å². The van der Waals surface area contributed by atoms with E-state index in [9.17, 15) is 9.90 Å². The van der Waals surface area contributed by atoms with Crippen LogP contribution in [0.3, 0.4) is 0 Å². The van der Waals surface area contributed by atoms with E-state index >= 15 is 0 Å². The molecule has 0 unspecified atom stereocenters. The van der Waals surface area contributed by atoms with Gasteiger partial charge in [-0.15, -0.1) is 0 Å². The fourth-order valence-corrected chi connectivity index (χ4v) is 3.57. The molecule has 1 saturated heterocycles. The van der Waals surface area contributed by atoms with Crippen LogP contribution in [0.25, 0.3) is 5.65 Å². The highest BCUT2D eigenvalue weighted by Crippen LogP contribution is 2.31. The molecule has 25 heavy (non-hydrogen) atoms. The van der Waals surface area contributed by atoms with Crippen molar-refractivity contribution in [1.29, 1.82) is 0 Å². The van der Waals surface area contributed by atoms with Gasteiger partial charge < -0.3 is 10.0 Å². The molecule has 3 heterocycles. The van der Waals surface area contributed by atoms with Crippen molar-refractivity contribution in [1.82, 2.24) is 9.38 Å². The molecular formula is C20H21N3O2. The van der Waals surface area contributed by atoms with Crippen molar-refractivity contribution in [2.45, 2.75) is 18.9 Å². The highest BCUT2D eigenvalue weighted by Gasteiger charge is 2.27. The number of nitrogens with zero attached hydrogens (tertiary/aromatic N) is 3. The second kappa shape index (κ2) is 6.69. The number of aromatic nitrogens is 2. The summed E-state index contributed by atoms with van der Waals surface area (Å²) < 4.78 is 1.55. The van der Waals surface area contributed by atoms with Crippen LogP contribution in [0.15, 0.2) is 65.6 Å². The predicted molar refractivity (Wildman–Crippen MR) is 97.8 cm³/mol. The van der Waals surface area contributed by atoms with Crippen LogP contribution in [-0.2, 0) is 0 Å². The third-order valence-electron chi connectivity index (χ3n) is 5.01. The van der Waals surface area contributed by atoms with Crippen LogP contribution in [-0.4, -0.2) is 27.6 Å². The van der Waals surface area contributed by atoms with Crippen LogP contribution in [0.2, 0.25) is 0 Å². The van der Waals surface area contributed by atoms with Crippen LogP contribution < -0.4 is 10.5 Å². The van der Waals surface area contributed by atoms with Crippen molar-refractivity contribution in [2.75, 3.05) is 18.0 Å². The second-order valence-electron chi connectivity index (χ2n) is 6.56. The quantitative estimate of drug-likeness (QED) is 0.799. The number of anilines is 1. The van der Waals surface area contributed by atoms with Gasteiger partial charge in [-0.25, -0.2) is 4.98 Å². The first-order chi connectivity index (χ1) is 12.2. The smallest absolute Gasteiger partial charge is 0.259 e. The van der Waals surface area contributed by atoms with E-state index in [1.54, 1.807) is 16.7 Å². The number of fused-ring (bicyclic) bond motifs is 1. The Kier molecular flexibility index (Phi) is 4.24. The van der Waals surface area contributed by atoms with Gasteiger partial charge in [-0.05, 0) is 36.5 Å². The van der Waals surface area contributed by atoms with Gasteiger partial charge >= 0.3 is 0 Å². The average Bonchev–Trinajstić information content (AvgIpc) is 2.68. The zero-order valence-corrected chi connectivity index (χ0v) is 14.0. The number of benzene rings is 1. The first-order valence-electron chi connectivity index (χ1n) is 8.69. The predicted octanol–water partition coefficient (Wildman–Crippen LogP) is 2.64. The highest BCUT2D eigenvalue weighted by molar-refractivity contribution is 5.48. The summed E-state index contributed by atoms with van der Waals surface area (Å²) in [4.78, 5) is 19.0. The van der Waals surface area contributed by atoms with E-state index < -0.39 is 6.10 Å². The molecule has 0 saturated carbocycles. The van der Waals surface area contributed by atoms with E-state index in [0.717, 1.165) is 37.3 Å². The molecule has 1 atom stereocenters. The molecule has 128 valence electrons. The van der Waals surface area contributed by atoms with E-state index in [2.05, 4.69) is 9.88 Å². The molecule has 0 aliphatic carbocycles. The first kappa shape index (κ1) is 15.8. The summed E-state index contributed by atoms with van der Waals surface area (Å²) in [5.41, 5.74) is 1.58. The lowest BCUT2D eigenvalue weighted by Gasteiger charge is -2.35. The lowest BCUT2D eigenvalue weighted by Crippen LogP contribution is -2.37. The molecule has 2 aromatic heterocycles. The number of pyridine rings is 1. The van der Waals surface area contributed by atoms with Crippen molar-refractivity contribution < 1.29 is 5.11 Å². The molecule has 1 aliphatic heterocycles. The van der Waals surface area contributed by atoms with Gasteiger partial charge in [0, 0.05) is 25.4 Å². The Bertz CT molecular complexity index is 915. The lowest BCUT2D eigenvalue weighted by atomic mass is 9.87. The summed E-state index contributed by atoms with van der Waals surface area (Å²) in [5.74, 6) is 0.962. The van der Waals surface area contributed by atoms with Crippen molar-refractivity contribution in [2.24, 2.45) is 5.92 Å². The maximum absolute atomic E-state index is 12.3. The number of hydrogen-bond donors (Lipinski definition) is 1. The summed E-state index contributed by atoms with van der Waals surface area (Å²) in [5, 5.41) is 10.6. The summed E-state index contributed by atoms with van der Waals surface area (Å²) in [6.07, 6.45) is 3.06. The van der Waals surface area contributed by atoms with Crippen LogP contribution in [0.4, 0.5) is 5.82 Å². The maximum Gasteiger partial charge on any atom is 0.259 e. The number of aliphatic hydroxyl groups excluding tert-OH is 1. The van der Waals surface area contributed by atoms with Gasteiger partial charge in [0.2, 0.25) is 0 Å². The minimum atomic E-state index is -0.432. The Morgan fingerprint density at radius 1 is 1.04 bits per heavy atom. The molecule has 0 bridgehead atoms. The summed E-state index contributed by atoms with van der Waals surface area (Å²) >= 11 is 0. The van der Waals surface area contributed by atoms with Gasteiger partial charge in [0.15, 0.2) is 0 Å². The molecule has 5 heteroatoms. The van der Waals surface area contributed by atoms with Crippen molar-refractivity contribution >= 4 is 11.5 Å². The number of piperidine rings is 1. The third-order valence-corrected chi connectivity index (χ3v) is 5.01. The van der Waals surface area contributed by atoms with E-state index in [0.29, 0.717) is 5.65 Å². The van der Waals surface area contributed by atoms with Crippen LogP contribution >= 0.6 is 0 Å². The molecule has 0 spiro atoms. The van der Waals surface area contributed by atoms with Gasteiger partial charge in [0.1, 0.15) is 11.5 Å². The molecule has 1 N–H and O–H groups in total. The third kappa shape index (κ3) is 3.15. The van der Waals surface area contributed by atoms with E-state index in [-0.39, 0.29) is 11.5 Å². The van der Waals surface area contributed by atoms with Crippen molar-refractivity contribution in [3.05, 3.63) is 76.7 Å². The normalized spacial score (nSPS) is 16.9. The zero-order chi connectivity index (χ0) is 17.2. The SMILES string of the molecule is O=c1cc(N2CCC([C@H](O)c3ccccc3)CC2)nc2ccccn12. The first-order valence-corrected chi connectivity index (χ1v) is 8.69. The van der Waals surface area contributed by atoms with Crippen molar-refractivity contribution in [3.8, 4) is 0 Å². The van der Waals surface area contributed by atoms with Gasteiger partial charge in [0.25, 0.3) is 5.56 Å². The summed E-state index contributed by atoms with van der Waals surface area (Å²) in [6, 6.07) is 17.0. The highest BCUT2D eigenvalue weighted by atomic mass is 16.3. The van der Waals surface area contributed by atoms with Gasteiger partial charge in [-0.3, -0.25) is 9.20 Å². The van der Waals surface area contributed by atoms with Gasteiger partial charge in [0.05, 0.1) is 6.10 Å². The molecule has 1 aromatic carbocycles. The molecular weight excluding hydrogens is 314 g/mol. The van der Waals surface area contributed by atoms with Crippen LogP contribution in [0, 0.1) is 5.92 Å². The fourth-order valence-electron chi connectivity index (χ4n) is 3.57. The van der Waals surface area contributed by atoms with Crippen LogP contribution in [0.5, 0.6) is 0 Å². The Labute approximate surface area is 146 Å². The molecule has 5 nitrogen and oxygen atoms in total. The monoisotopic (exact) mass is 335 g/mol. The fraction of sp³-hybridized carbons (Fsp3) is 0.300. The Hall–Kier alpha value is -2.66. The molecule has 3 aromatic rings. The Balaban J connectivity index is 1.50. The topological polar surface area (TPSA) is 57.8 Å². The molecule has 4 rings (SSSR count). The van der Waals surface area contributed by atoms with E-state index in [1.807, 2.05) is 48.5 Å². The Morgan fingerprint density at radius 3 is 2.52 bits per heavy atom. The number of hydrogen-bond acceptors (Lipinski definition) is 4. The van der Waals surface area contributed by atoms with Gasteiger partial charge in [-0.1, -0.05) is 36.4 Å². The minimum absolute atomic E-state index is 0.0629. The standard InChI is InChI=1S/C20H21N3O2/c24-19-14-18(21-17-8-4-5-11-23(17)19)22-12-9-16(10-13-22)20(25)15-6-2-1-3-7-15/h1-8,11,14,16,20,25H,9-10,12-13H2/t20-/m1/s1. The maximum atomic E-state index is 12.3. The van der Waals surface area contributed by atoms with Gasteiger partial charge in [-0.2, -0.15) is 0 Å². The Morgan fingerprint density at radius 2 is 1.76 bits per heavy atom. The summed E-state index contributed by atoms with van der Waals surface area (Å²) in [6.45, 7) is 1.59. The molecule has 1 fully saturated rings. The molecule has 0 radical (unpaired) electrons. The lowest BCUT2D eigenvalue weighted by molar-refractivity contribution is 0.0929. The number of aliphatic hydroxyl groups is 1. The molecule has 1 aliphatic rings. The minimum Gasteiger partial charge on any atom is -0.388 e. The average molecular weight is 335 g/mol. The molecule has 0 amide bonds. The number of rotatable bonds is 3. The zero-order valence-electron chi connectivity index (χ0n) is 14.0. The largest absolute Gasteiger partial charge is 0.388 e.